The Morgan fingerprint density at radius 1 is 1.28 bits per heavy atom. The molecule has 4 nitrogen and oxygen atoms in total. The van der Waals surface area contributed by atoms with Crippen molar-refractivity contribution in [2.45, 2.75) is 19.4 Å². The maximum atomic E-state index is 5.89. The normalized spacial score (nSPS) is 12.2. The molecule has 5 heteroatoms. The summed E-state index contributed by atoms with van der Waals surface area (Å²) >= 11 is 5.82. The lowest BCUT2D eigenvalue weighted by atomic mass is 10.1. The number of ether oxygens (including phenoxy) is 1. The zero-order valence-corrected chi connectivity index (χ0v) is 10.8. The predicted octanol–water partition coefficient (Wildman–Crippen LogP) is 3.33. The van der Waals surface area contributed by atoms with E-state index >= 15 is 0 Å². The van der Waals surface area contributed by atoms with Crippen LogP contribution in [0.3, 0.4) is 0 Å². The highest BCUT2D eigenvalue weighted by Crippen LogP contribution is 2.23. The Labute approximate surface area is 111 Å². The molecule has 0 spiro atoms. The van der Waals surface area contributed by atoms with Crippen LogP contribution in [0.25, 0.3) is 0 Å². The summed E-state index contributed by atoms with van der Waals surface area (Å²) in [5.41, 5.74) is 6.74. The van der Waals surface area contributed by atoms with Crippen molar-refractivity contribution in [2.75, 3.05) is 0 Å². The van der Waals surface area contributed by atoms with Crippen molar-refractivity contribution in [3.8, 4) is 11.5 Å². The van der Waals surface area contributed by atoms with E-state index in [4.69, 9.17) is 22.1 Å². The van der Waals surface area contributed by atoms with Crippen LogP contribution in [0.1, 0.15) is 25.1 Å². The Morgan fingerprint density at radius 3 is 2.72 bits per heavy atom. The molecule has 94 valence electrons. The Kier molecular flexibility index (Phi) is 4.12. The summed E-state index contributed by atoms with van der Waals surface area (Å²) in [5, 5.41) is 0.532. The lowest BCUT2D eigenvalue weighted by molar-refractivity contribution is 0.476. The Hall–Kier alpha value is -1.65. The van der Waals surface area contributed by atoms with E-state index in [0.29, 0.717) is 16.5 Å². The second-order valence-corrected chi connectivity index (χ2v) is 4.31. The fourth-order valence-corrected chi connectivity index (χ4v) is 1.63. The first kappa shape index (κ1) is 12.8. The molecule has 0 fully saturated rings. The van der Waals surface area contributed by atoms with Crippen LogP contribution in [0.4, 0.5) is 0 Å². The second-order valence-electron chi connectivity index (χ2n) is 3.87. The van der Waals surface area contributed by atoms with E-state index < -0.39 is 0 Å². The van der Waals surface area contributed by atoms with Crippen LogP contribution in [-0.2, 0) is 0 Å². The van der Waals surface area contributed by atoms with Gasteiger partial charge in [0.1, 0.15) is 11.5 Å². The Morgan fingerprint density at radius 2 is 2.11 bits per heavy atom. The topological polar surface area (TPSA) is 61.0 Å². The van der Waals surface area contributed by atoms with Gasteiger partial charge in [-0.05, 0) is 18.6 Å². The van der Waals surface area contributed by atoms with Crippen LogP contribution < -0.4 is 10.5 Å². The summed E-state index contributed by atoms with van der Waals surface area (Å²) in [6.45, 7) is 2.02. The maximum absolute atomic E-state index is 5.89. The predicted molar refractivity (Wildman–Crippen MR) is 70.8 cm³/mol. The monoisotopic (exact) mass is 263 g/mol. The molecule has 2 aromatic rings. The second kappa shape index (κ2) is 5.80. The lowest BCUT2D eigenvalue weighted by Gasteiger charge is -2.09. The quantitative estimate of drug-likeness (QED) is 0.919. The van der Waals surface area contributed by atoms with Gasteiger partial charge in [-0.3, -0.25) is 9.97 Å². The smallest absolute Gasteiger partial charge is 0.147 e. The third-order valence-corrected chi connectivity index (χ3v) is 2.70. The highest BCUT2D eigenvalue weighted by molar-refractivity contribution is 6.30. The minimum atomic E-state index is -0.0353. The molecule has 0 aliphatic rings. The van der Waals surface area contributed by atoms with Gasteiger partial charge in [0.15, 0.2) is 0 Å². The van der Waals surface area contributed by atoms with Crippen LogP contribution in [-0.4, -0.2) is 9.97 Å². The summed E-state index contributed by atoms with van der Waals surface area (Å²) < 4.78 is 5.58. The van der Waals surface area contributed by atoms with E-state index in [9.17, 15) is 0 Å². The zero-order chi connectivity index (χ0) is 13.0. The molecule has 1 atom stereocenters. The van der Waals surface area contributed by atoms with Gasteiger partial charge in [0.25, 0.3) is 0 Å². The number of halogens is 1. The molecule has 0 bridgehead atoms. The molecule has 0 aliphatic carbocycles. The van der Waals surface area contributed by atoms with E-state index in [1.165, 1.54) is 0 Å². The zero-order valence-electron chi connectivity index (χ0n) is 10.0. The average molecular weight is 264 g/mol. The van der Waals surface area contributed by atoms with Gasteiger partial charge in [-0.25, -0.2) is 0 Å². The molecule has 2 heterocycles. The number of rotatable bonds is 4. The molecule has 0 amide bonds. The molecule has 0 saturated carbocycles. The van der Waals surface area contributed by atoms with Gasteiger partial charge < -0.3 is 10.5 Å². The van der Waals surface area contributed by atoms with E-state index in [-0.39, 0.29) is 6.04 Å². The lowest BCUT2D eigenvalue weighted by Crippen LogP contribution is -2.10. The molecular weight excluding hydrogens is 250 g/mol. The number of pyridine rings is 2. The SMILES string of the molecule is CCC(N)c1ccc(Oc2cncc(Cl)c2)cn1. The summed E-state index contributed by atoms with van der Waals surface area (Å²) in [7, 11) is 0. The Bertz CT molecular complexity index is 516. The Balaban J connectivity index is 2.11. The summed E-state index contributed by atoms with van der Waals surface area (Å²) in [5.74, 6) is 1.21. The first-order valence-electron chi connectivity index (χ1n) is 5.69. The molecule has 18 heavy (non-hydrogen) atoms. The van der Waals surface area contributed by atoms with Crippen molar-refractivity contribution in [3.63, 3.8) is 0 Å². The molecule has 0 radical (unpaired) electrons. The molecular formula is C13H14ClN3O. The van der Waals surface area contributed by atoms with Crippen LogP contribution in [0, 0.1) is 0 Å². The van der Waals surface area contributed by atoms with Crippen LogP contribution >= 0.6 is 11.6 Å². The number of nitrogens with zero attached hydrogens (tertiary/aromatic N) is 2. The summed E-state index contributed by atoms with van der Waals surface area (Å²) in [6.07, 6.45) is 5.64. The fourth-order valence-electron chi connectivity index (χ4n) is 1.46. The summed E-state index contributed by atoms with van der Waals surface area (Å²) in [4.78, 5) is 8.21. The number of nitrogens with two attached hydrogens (primary N) is 1. The molecule has 2 N–H and O–H groups in total. The molecule has 2 aromatic heterocycles. The standard InChI is InChI=1S/C13H14ClN3O/c1-2-12(15)13-4-3-10(8-17-13)18-11-5-9(14)6-16-7-11/h3-8,12H,2,15H2,1H3. The first-order valence-corrected chi connectivity index (χ1v) is 6.06. The molecule has 1 unspecified atom stereocenters. The van der Waals surface area contributed by atoms with Gasteiger partial charge in [-0.1, -0.05) is 18.5 Å². The largest absolute Gasteiger partial charge is 0.454 e. The maximum Gasteiger partial charge on any atom is 0.147 e. The highest BCUT2D eigenvalue weighted by Gasteiger charge is 2.05. The number of hydrogen-bond acceptors (Lipinski definition) is 4. The van der Waals surface area contributed by atoms with Crippen molar-refractivity contribution in [1.29, 1.82) is 0 Å². The van der Waals surface area contributed by atoms with Crippen molar-refractivity contribution in [1.82, 2.24) is 9.97 Å². The van der Waals surface area contributed by atoms with E-state index in [2.05, 4.69) is 9.97 Å². The van der Waals surface area contributed by atoms with Gasteiger partial charge in [0.2, 0.25) is 0 Å². The van der Waals surface area contributed by atoms with Crippen molar-refractivity contribution < 1.29 is 4.74 Å². The first-order chi connectivity index (χ1) is 8.69. The van der Waals surface area contributed by atoms with Crippen molar-refractivity contribution in [3.05, 3.63) is 47.5 Å². The minimum Gasteiger partial charge on any atom is -0.454 e. The third kappa shape index (κ3) is 3.18. The number of hydrogen-bond donors (Lipinski definition) is 1. The van der Waals surface area contributed by atoms with E-state index in [0.717, 1.165) is 12.1 Å². The minimum absolute atomic E-state index is 0.0353. The van der Waals surface area contributed by atoms with Crippen LogP contribution in [0.15, 0.2) is 36.8 Å². The molecule has 0 aliphatic heterocycles. The summed E-state index contributed by atoms with van der Waals surface area (Å²) in [6, 6.07) is 5.35. The molecule has 0 aromatic carbocycles. The highest BCUT2D eigenvalue weighted by atomic mass is 35.5. The third-order valence-electron chi connectivity index (χ3n) is 2.49. The van der Waals surface area contributed by atoms with Crippen LogP contribution in [0.2, 0.25) is 5.02 Å². The van der Waals surface area contributed by atoms with Gasteiger partial charge in [0.05, 0.1) is 23.1 Å². The average Bonchev–Trinajstić information content (AvgIpc) is 2.39. The van der Waals surface area contributed by atoms with Gasteiger partial charge in [0, 0.05) is 18.3 Å². The molecule has 2 rings (SSSR count). The van der Waals surface area contributed by atoms with Gasteiger partial charge in [-0.2, -0.15) is 0 Å². The number of aromatic nitrogens is 2. The van der Waals surface area contributed by atoms with Crippen molar-refractivity contribution >= 4 is 11.6 Å². The van der Waals surface area contributed by atoms with Gasteiger partial charge >= 0.3 is 0 Å². The fraction of sp³-hybridized carbons (Fsp3) is 0.231. The van der Waals surface area contributed by atoms with Crippen LogP contribution in [0.5, 0.6) is 11.5 Å². The van der Waals surface area contributed by atoms with E-state index in [1.807, 2.05) is 19.1 Å². The van der Waals surface area contributed by atoms with Gasteiger partial charge in [-0.15, -0.1) is 0 Å². The van der Waals surface area contributed by atoms with E-state index in [1.54, 1.807) is 24.7 Å². The molecule has 0 saturated heterocycles. The van der Waals surface area contributed by atoms with Crippen molar-refractivity contribution in [2.24, 2.45) is 5.73 Å².